The molecule has 0 bridgehead atoms. The molecule has 0 saturated carbocycles. The fourth-order valence-electron chi connectivity index (χ4n) is 4.39. The van der Waals surface area contributed by atoms with Crippen LogP contribution in [0.25, 0.3) is 0 Å². The number of fused-ring (bicyclic) bond motifs is 3. The van der Waals surface area contributed by atoms with Crippen LogP contribution in [-0.2, 0) is 4.79 Å². The Morgan fingerprint density at radius 3 is 2.42 bits per heavy atom. The van der Waals surface area contributed by atoms with Gasteiger partial charge in [0.25, 0.3) is 5.91 Å². The monoisotopic (exact) mass is 360 g/mol. The third kappa shape index (κ3) is 2.67. The highest BCUT2D eigenvalue weighted by atomic mass is 16.2. The highest BCUT2D eigenvalue weighted by Crippen LogP contribution is 2.35. The van der Waals surface area contributed by atoms with Gasteiger partial charge in [0.1, 0.15) is 0 Å². The molecule has 2 atom stereocenters. The number of aliphatic imine (C=N–C) groups is 1. The fraction of sp³-hybridized carbons (Fsp3) is 0.722. The lowest BCUT2D eigenvalue weighted by molar-refractivity contribution is -0.126. The standard InChI is InChI=1S/C18H28N6O2/c1-12-13(2)24-14-15(21(3)18(26)20-16(14)25)19-17(24)23(12)11-10-22-8-6-4-5-7-9-22/h14-15H,4-11H2,1-3H3,(H,20,25,26). The van der Waals surface area contributed by atoms with Gasteiger partial charge in [0.15, 0.2) is 12.2 Å². The van der Waals surface area contributed by atoms with Gasteiger partial charge in [-0.2, -0.15) is 0 Å². The molecule has 0 aromatic carbocycles. The van der Waals surface area contributed by atoms with Crippen molar-refractivity contribution in [1.82, 2.24) is 24.9 Å². The summed E-state index contributed by atoms with van der Waals surface area (Å²) in [5.74, 6) is 0.542. The Hall–Kier alpha value is -2.09. The molecule has 4 aliphatic rings. The van der Waals surface area contributed by atoms with Gasteiger partial charge in [-0.05, 0) is 39.8 Å². The Bertz CT molecular complexity index is 679. The van der Waals surface area contributed by atoms with Crippen molar-refractivity contribution in [2.45, 2.75) is 51.7 Å². The minimum Gasteiger partial charge on any atom is -0.313 e. The van der Waals surface area contributed by atoms with Crippen molar-refractivity contribution in [1.29, 1.82) is 0 Å². The molecule has 0 spiro atoms. The van der Waals surface area contributed by atoms with E-state index in [9.17, 15) is 9.59 Å². The fourth-order valence-corrected chi connectivity index (χ4v) is 4.39. The number of rotatable bonds is 3. The average Bonchev–Trinajstić information content (AvgIpc) is 2.95. The first-order valence-electron chi connectivity index (χ1n) is 9.61. The molecule has 2 unspecified atom stereocenters. The van der Waals surface area contributed by atoms with Crippen molar-refractivity contribution >= 4 is 17.9 Å². The number of guanidine groups is 1. The van der Waals surface area contributed by atoms with E-state index in [1.165, 1.54) is 30.6 Å². The number of allylic oxidation sites excluding steroid dienone is 2. The van der Waals surface area contributed by atoms with Gasteiger partial charge in [-0.1, -0.05) is 12.8 Å². The number of hydrogen-bond acceptors (Lipinski definition) is 6. The molecule has 0 radical (unpaired) electrons. The molecule has 0 aliphatic carbocycles. The van der Waals surface area contributed by atoms with E-state index in [0.717, 1.165) is 43.5 Å². The summed E-state index contributed by atoms with van der Waals surface area (Å²) in [6.07, 6.45) is 4.76. The zero-order valence-electron chi connectivity index (χ0n) is 15.9. The Morgan fingerprint density at radius 1 is 1.04 bits per heavy atom. The molecule has 8 heteroatoms. The van der Waals surface area contributed by atoms with Crippen LogP contribution in [0.3, 0.4) is 0 Å². The number of likely N-dealkylation sites (N-methyl/N-ethyl adjacent to an activating group) is 1. The predicted molar refractivity (Wildman–Crippen MR) is 98.1 cm³/mol. The zero-order valence-corrected chi connectivity index (χ0v) is 15.9. The van der Waals surface area contributed by atoms with E-state index in [0.29, 0.717) is 0 Å². The maximum Gasteiger partial charge on any atom is 0.325 e. The quantitative estimate of drug-likeness (QED) is 0.812. The molecule has 0 aromatic heterocycles. The summed E-state index contributed by atoms with van der Waals surface area (Å²) in [5, 5.41) is 2.44. The van der Waals surface area contributed by atoms with Gasteiger partial charge in [-0.3, -0.25) is 15.0 Å². The van der Waals surface area contributed by atoms with Crippen LogP contribution in [0.5, 0.6) is 0 Å². The number of nitrogens with one attached hydrogen (secondary N) is 1. The van der Waals surface area contributed by atoms with E-state index in [2.05, 4.69) is 22.0 Å². The van der Waals surface area contributed by atoms with Crippen molar-refractivity contribution < 1.29 is 9.59 Å². The topological polar surface area (TPSA) is 71.5 Å². The number of urea groups is 1. The molecule has 2 saturated heterocycles. The van der Waals surface area contributed by atoms with E-state index < -0.39 is 12.2 Å². The van der Waals surface area contributed by atoms with Crippen molar-refractivity contribution in [3.8, 4) is 0 Å². The van der Waals surface area contributed by atoms with Gasteiger partial charge in [0.2, 0.25) is 5.96 Å². The maximum absolute atomic E-state index is 12.5. The Balaban J connectivity index is 1.53. The molecule has 0 aromatic rings. The van der Waals surface area contributed by atoms with Gasteiger partial charge in [0.05, 0.1) is 0 Å². The van der Waals surface area contributed by atoms with E-state index >= 15 is 0 Å². The number of likely N-dealkylation sites (tertiary alicyclic amines) is 1. The number of carbonyl (C=O) groups excluding carboxylic acids is 2. The van der Waals surface area contributed by atoms with Crippen LogP contribution >= 0.6 is 0 Å². The van der Waals surface area contributed by atoms with Crippen LogP contribution in [0.15, 0.2) is 16.4 Å². The molecule has 8 nitrogen and oxygen atoms in total. The molecule has 26 heavy (non-hydrogen) atoms. The third-order valence-electron chi connectivity index (χ3n) is 6.11. The molecule has 3 amide bonds. The Labute approximate surface area is 154 Å². The second-order valence-electron chi connectivity index (χ2n) is 7.64. The number of nitrogens with zero attached hydrogens (tertiary/aromatic N) is 5. The van der Waals surface area contributed by atoms with Gasteiger partial charge in [0, 0.05) is 31.5 Å². The molecule has 1 N–H and O–H groups in total. The predicted octanol–water partition coefficient (Wildman–Crippen LogP) is 0.977. The van der Waals surface area contributed by atoms with Crippen LogP contribution in [-0.4, -0.2) is 82.9 Å². The van der Waals surface area contributed by atoms with Crippen LogP contribution in [0.2, 0.25) is 0 Å². The number of carbonyl (C=O) groups is 2. The highest BCUT2D eigenvalue weighted by Gasteiger charge is 2.52. The zero-order chi connectivity index (χ0) is 18.4. The summed E-state index contributed by atoms with van der Waals surface area (Å²) in [6, 6.07) is -0.845. The first-order valence-corrected chi connectivity index (χ1v) is 9.61. The molecule has 4 rings (SSSR count). The van der Waals surface area contributed by atoms with Crippen LogP contribution < -0.4 is 5.32 Å². The lowest BCUT2D eigenvalue weighted by Gasteiger charge is -2.35. The van der Waals surface area contributed by atoms with E-state index in [1.807, 2.05) is 11.8 Å². The highest BCUT2D eigenvalue weighted by molar-refractivity contribution is 6.05. The number of hydrogen-bond donors (Lipinski definition) is 1. The average molecular weight is 360 g/mol. The third-order valence-corrected chi connectivity index (χ3v) is 6.11. The summed E-state index contributed by atoms with van der Waals surface area (Å²) in [5.41, 5.74) is 2.19. The summed E-state index contributed by atoms with van der Waals surface area (Å²) in [7, 11) is 1.69. The van der Waals surface area contributed by atoms with Crippen LogP contribution in [0, 0.1) is 0 Å². The van der Waals surface area contributed by atoms with E-state index in [1.54, 1.807) is 7.05 Å². The van der Waals surface area contributed by atoms with Gasteiger partial charge in [-0.25, -0.2) is 9.79 Å². The van der Waals surface area contributed by atoms with Gasteiger partial charge < -0.3 is 14.7 Å². The van der Waals surface area contributed by atoms with Crippen molar-refractivity contribution in [3.63, 3.8) is 0 Å². The van der Waals surface area contributed by atoms with E-state index in [4.69, 9.17) is 4.99 Å². The number of imide groups is 1. The molecular weight excluding hydrogens is 332 g/mol. The summed E-state index contributed by atoms with van der Waals surface area (Å²) in [4.78, 5) is 37.4. The SMILES string of the molecule is CC1=C(C)N2C(=NC3C2C(=O)NC(=O)N3C)N1CCN1CCCCCC1. The largest absolute Gasteiger partial charge is 0.325 e. The smallest absolute Gasteiger partial charge is 0.313 e. The molecule has 142 valence electrons. The lowest BCUT2D eigenvalue weighted by atomic mass is 10.1. The molecule has 2 fully saturated rings. The molecular formula is C18H28N6O2. The second-order valence-corrected chi connectivity index (χ2v) is 7.64. The van der Waals surface area contributed by atoms with Gasteiger partial charge >= 0.3 is 6.03 Å². The Kier molecular flexibility index (Phi) is 4.38. The maximum atomic E-state index is 12.5. The van der Waals surface area contributed by atoms with Crippen molar-refractivity contribution in [2.75, 3.05) is 33.2 Å². The van der Waals surface area contributed by atoms with Gasteiger partial charge in [-0.15, -0.1) is 0 Å². The molecule has 4 aliphatic heterocycles. The first-order chi connectivity index (χ1) is 12.5. The minimum absolute atomic E-state index is 0.265. The Morgan fingerprint density at radius 2 is 1.73 bits per heavy atom. The van der Waals surface area contributed by atoms with Crippen LogP contribution in [0.1, 0.15) is 39.5 Å². The van der Waals surface area contributed by atoms with Crippen LogP contribution in [0.4, 0.5) is 4.79 Å². The summed E-state index contributed by atoms with van der Waals surface area (Å²) < 4.78 is 0. The van der Waals surface area contributed by atoms with Crippen molar-refractivity contribution in [3.05, 3.63) is 11.4 Å². The lowest BCUT2D eigenvalue weighted by Crippen LogP contribution is -2.63. The number of amides is 3. The normalized spacial score (nSPS) is 29.7. The summed E-state index contributed by atoms with van der Waals surface area (Å²) in [6.45, 7) is 8.30. The second kappa shape index (κ2) is 6.57. The minimum atomic E-state index is -0.467. The summed E-state index contributed by atoms with van der Waals surface area (Å²) >= 11 is 0. The van der Waals surface area contributed by atoms with Crippen molar-refractivity contribution in [2.24, 2.45) is 4.99 Å². The first kappa shape index (κ1) is 17.3. The van der Waals surface area contributed by atoms with E-state index in [-0.39, 0.29) is 11.9 Å². The molecule has 4 heterocycles.